The summed E-state index contributed by atoms with van der Waals surface area (Å²) in [6.45, 7) is 1.68. The fraction of sp³-hybridized carbons (Fsp3) is 0.267. The highest BCUT2D eigenvalue weighted by Crippen LogP contribution is 2.11. The van der Waals surface area contributed by atoms with Crippen LogP contribution >= 0.6 is 0 Å². The van der Waals surface area contributed by atoms with Gasteiger partial charge < -0.3 is 4.74 Å². The van der Waals surface area contributed by atoms with E-state index in [1.807, 2.05) is 0 Å². The molecule has 1 aliphatic heterocycles. The quantitative estimate of drug-likeness (QED) is 0.466. The van der Waals surface area contributed by atoms with Crippen molar-refractivity contribution in [2.24, 2.45) is 16.1 Å². The maximum absolute atomic E-state index is 11.7. The molecule has 2 rings (SSSR count). The molecular weight excluding hydrogens is 300 g/mol. The van der Waals surface area contributed by atoms with Crippen molar-refractivity contribution in [3.63, 3.8) is 0 Å². The van der Waals surface area contributed by atoms with Gasteiger partial charge in [-0.3, -0.25) is 9.59 Å². The first kappa shape index (κ1) is 16.3. The van der Waals surface area contributed by atoms with Gasteiger partial charge in [-0.05, 0) is 24.6 Å². The average Bonchev–Trinajstić information content (AvgIpc) is 2.86. The van der Waals surface area contributed by atoms with Crippen LogP contribution in [-0.4, -0.2) is 36.8 Å². The first-order valence-corrected chi connectivity index (χ1v) is 6.85. The lowest BCUT2D eigenvalue weighted by molar-refractivity contribution is -0.127. The monoisotopic (exact) mass is 316 g/mol. The Hall–Kier alpha value is -3.03. The predicted molar refractivity (Wildman–Crippen MR) is 82.9 cm³/mol. The van der Waals surface area contributed by atoms with E-state index in [4.69, 9.17) is 0 Å². The topological polar surface area (TPSA) is 109 Å². The lowest BCUT2D eigenvalue weighted by atomic mass is 10.0. The molecule has 0 radical (unpaired) electrons. The van der Waals surface area contributed by atoms with Gasteiger partial charge in [-0.25, -0.2) is 15.6 Å². The summed E-state index contributed by atoms with van der Waals surface area (Å²) in [6.07, 6.45) is 1.43. The number of methoxy groups -OCH3 is 1. The number of nitrogens with zero attached hydrogens (tertiary/aromatic N) is 2. The van der Waals surface area contributed by atoms with Crippen LogP contribution < -0.4 is 10.9 Å². The van der Waals surface area contributed by atoms with E-state index in [-0.39, 0.29) is 18.2 Å². The summed E-state index contributed by atoms with van der Waals surface area (Å²) < 4.78 is 4.60. The van der Waals surface area contributed by atoms with Crippen molar-refractivity contribution >= 4 is 29.7 Å². The average molecular weight is 316 g/mol. The second-order valence-corrected chi connectivity index (χ2v) is 4.89. The second kappa shape index (κ2) is 7.30. The lowest BCUT2D eigenvalue weighted by Gasteiger charge is -2.05. The molecule has 0 aliphatic carbocycles. The van der Waals surface area contributed by atoms with Gasteiger partial charge in [0.1, 0.15) is 0 Å². The predicted octanol–water partition coefficient (Wildman–Crippen LogP) is 0.435. The minimum absolute atomic E-state index is 0.0141. The molecule has 120 valence electrons. The van der Waals surface area contributed by atoms with Gasteiger partial charge in [-0.15, -0.1) is 0 Å². The molecular formula is C15H16N4O4. The van der Waals surface area contributed by atoms with Crippen molar-refractivity contribution in [3.8, 4) is 0 Å². The van der Waals surface area contributed by atoms with E-state index < -0.39 is 11.9 Å². The van der Waals surface area contributed by atoms with Crippen LogP contribution in [0, 0.1) is 5.92 Å². The van der Waals surface area contributed by atoms with Gasteiger partial charge in [0.2, 0.25) is 11.8 Å². The normalized spacial score (nSPS) is 16.9. The first-order chi connectivity index (χ1) is 11.0. The van der Waals surface area contributed by atoms with E-state index in [0.717, 1.165) is 0 Å². The molecule has 0 bridgehead atoms. The van der Waals surface area contributed by atoms with Crippen LogP contribution in [0.25, 0.3) is 0 Å². The molecule has 2 amide bonds. The van der Waals surface area contributed by atoms with Gasteiger partial charge in [0.05, 0.1) is 24.8 Å². The van der Waals surface area contributed by atoms with Crippen LogP contribution in [-0.2, 0) is 14.3 Å². The van der Waals surface area contributed by atoms with E-state index in [1.54, 1.807) is 31.2 Å². The Balaban J connectivity index is 1.86. The van der Waals surface area contributed by atoms with Crippen molar-refractivity contribution in [1.29, 1.82) is 0 Å². The van der Waals surface area contributed by atoms with E-state index in [0.29, 0.717) is 16.8 Å². The number of rotatable bonds is 5. The Bertz CT molecular complexity index is 679. The Morgan fingerprint density at radius 3 is 2.65 bits per heavy atom. The number of carbonyl (C=O) groups excluding carboxylic acids is 3. The molecule has 1 heterocycles. The molecule has 0 saturated carbocycles. The number of esters is 1. The Morgan fingerprint density at radius 1 is 1.39 bits per heavy atom. The molecule has 0 aromatic heterocycles. The molecule has 1 atom stereocenters. The van der Waals surface area contributed by atoms with Crippen LogP contribution in [0.1, 0.15) is 29.3 Å². The zero-order chi connectivity index (χ0) is 16.8. The molecule has 0 spiro atoms. The highest BCUT2D eigenvalue weighted by atomic mass is 16.5. The van der Waals surface area contributed by atoms with Gasteiger partial charge in [0, 0.05) is 12.1 Å². The summed E-state index contributed by atoms with van der Waals surface area (Å²) in [5.41, 5.74) is 6.38. The Labute approximate surface area is 132 Å². The molecule has 2 N–H and O–H groups in total. The minimum atomic E-state index is -0.551. The lowest BCUT2D eigenvalue weighted by Crippen LogP contribution is -2.29. The number of ether oxygens (including phenoxy) is 1. The summed E-state index contributed by atoms with van der Waals surface area (Å²) in [5, 5.41) is 7.59. The van der Waals surface area contributed by atoms with Gasteiger partial charge in [0.15, 0.2) is 0 Å². The molecule has 8 nitrogen and oxygen atoms in total. The van der Waals surface area contributed by atoms with Crippen molar-refractivity contribution in [2.75, 3.05) is 7.11 Å². The molecule has 1 aromatic carbocycles. The summed E-state index contributed by atoms with van der Waals surface area (Å²) in [5.74, 6) is -1.65. The first-order valence-electron chi connectivity index (χ1n) is 6.85. The molecule has 0 fully saturated rings. The third kappa shape index (κ3) is 4.22. The Kier molecular flexibility index (Phi) is 5.19. The minimum Gasteiger partial charge on any atom is -0.465 e. The third-order valence-corrected chi connectivity index (χ3v) is 3.29. The zero-order valence-electron chi connectivity index (χ0n) is 12.7. The Morgan fingerprint density at radius 2 is 2.09 bits per heavy atom. The van der Waals surface area contributed by atoms with E-state index in [1.165, 1.54) is 13.3 Å². The van der Waals surface area contributed by atoms with Gasteiger partial charge >= 0.3 is 5.97 Å². The van der Waals surface area contributed by atoms with Crippen LogP contribution in [0.5, 0.6) is 0 Å². The molecule has 1 aliphatic rings. The SMILES string of the molecule is COC(=O)c1ccc(/C=N\NC(=O)C[C@@H]2C(=O)NN=C2C)cc1. The summed E-state index contributed by atoms with van der Waals surface area (Å²) in [7, 11) is 1.31. The largest absolute Gasteiger partial charge is 0.465 e. The van der Waals surface area contributed by atoms with Crippen LogP contribution in [0.3, 0.4) is 0 Å². The maximum Gasteiger partial charge on any atom is 0.337 e. The van der Waals surface area contributed by atoms with Crippen molar-refractivity contribution < 1.29 is 19.1 Å². The third-order valence-electron chi connectivity index (χ3n) is 3.29. The van der Waals surface area contributed by atoms with Crippen molar-refractivity contribution in [2.45, 2.75) is 13.3 Å². The number of hydrogen-bond acceptors (Lipinski definition) is 6. The molecule has 0 saturated heterocycles. The highest BCUT2D eigenvalue weighted by Gasteiger charge is 2.28. The highest BCUT2D eigenvalue weighted by molar-refractivity contribution is 6.09. The molecule has 1 aromatic rings. The number of carbonyl (C=O) groups is 3. The molecule has 8 heteroatoms. The van der Waals surface area contributed by atoms with Crippen LogP contribution in [0.2, 0.25) is 0 Å². The van der Waals surface area contributed by atoms with Gasteiger partial charge in [-0.1, -0.05) is 12.1 Å². The van der Waals surface area contributed by atoms with Crippen molar-refractivity contribution in [1.82, 2.24) is 10.9 Å². The van der Waals surface area contributed by atoms with Crippen molar-refractivity contribution in [3.05, 3.63) is 35.4 Å². The summed E-state index contributed by atoms with van der Waals surface area (Å²) >= 11 is 0. The summed E-state index contributed by atoms with van der Waals surface area (Å²) in [6, 6.07) is 6.53. The fourth-order valence-electron chi connectivity index (χ4n) is 1.96. The number of hydrogen-bond donors (Lipinski definition) is 2. The fourth-order valence-corrected chi connectivity index (χ4v) is 1.96. The van der Waals surface area contributed by atoms with Crippen LogP contribution in [0.15, 0.2) is 34.5 Å². The number of hydrazone groups is 2. The number of nitrogens with one attached hydrogen (secondary N) is 2. The van der Waals surface area contributed by atoms with Gasteiger partial charge in [-0.2, -0.15) is 10.2 Å². The maximum atomic E-state index is 11.7. The van der Waals surface area contributed by atoms with Gasteiger partial charge in [0.25, 0.3) is 0 Å². The smallest absolute Gasteiger partial charge is 0.337 e. The van der Waals surface area contributed by atoms with E-state index >= 15 is 0 Å². The van der Waals surface area contributed by atoms with Crippen LogP contribution in [0.4, 0.5) is 0 Å². The number of benzene rings is 1. The molecule has 23 heavy (non-hydrogen) atoms. The zero-order valence-corrected chi connectivity index (χ0v) is 12.7. The standard InChI is InChI=1S/C15H16N4O4/c1-9-12(14(21)19-17-9)7-13(20)18-16-8-10-3-5-11(6-4-10)15(22)23-2/h3-6,8,12H,7H2,1-2H3,(H,18,20)(H,19,21)/b16-8-/t12-/m0/s1. The van der Waals surface area contributed by atoms with E-state index in [9.17, 15) is 14.4 Å². The molecule has 0 unspecified atom stereocenters. The second-order valence-electron chi connectivity index (χ2n) is 4.89. The number of amides is 2. The summed E-state index contributed by atoms with van der Waals surface area (Å²) in [4.78, 5) is 34.5. The van der Waals surface area contributed by atoms with E-state index in [2.05, 4.69) is 25.8 Å².